The van der Waals surface area contributed by atoms with Crippen LogP contribution in [0.3, 0.4) is 0 Å². The fourth-order valence-corrected chi connectivity index (χ4v) is 3.38. The second-order valence-corrected chi connectivity index (χ2v) is 7.14. The number of hydrogen-bond acceptors (Lipinski definition) is 6. The molecule has 0 aliphatic rings. The van der Waals surface area contributed by atoms with Crippen molar-refractivity contribution in [2.45, 2.75) is 6.92 Å². The van der Waals surface area contributed by atoms with Crippen LogP contribution >= 0.6 is 22.9 Å². The number of amides is 1. The maximum Gasteiger partial charge on any atom is 0.264 e. The molecule has 3 aromatic rings. The van der Waals surface area contributed by atoms with Crippen molar-refractivity contribution in [3.63, 3.8) is 0 Å². The van der Waals surface area contributed by atoms with E-state index in [0.717, 1.165) is 11.1 Å². The molecule has 3 rings (SSSR count). The highest BCUT2D eigenvalue weighted by Gasteiger charge is 2.13. The zero-order valence-electron chi connectivity index (χ0n) is 15.6. The molecule has 0 bridgehead atoms. The number of hydrogen-bond donors (Lipinski definition) is 1. The fraction of sp³-hybridized carbons (Fsp3) is 0.200. The number of ether oxygens (including phenoxy) is 3. The Balaban J connectivity index is 1.66. The van der Waals surface area contributed by atoms with Crippen LogP contribution in [0.4, 0.5) is 5.13 Å². The van der Waals surface area contributed by atoms with E-state index in [1.165, 1.54) is 11.3 Å². The first-order chi connectivity index (χ1) is 13.5. The van der Waals surface area contributed by atoms with Gasteiger partial charge in [-0.3, -0.25) is 10.1 Å². The summed E-state index contributed by atoms with van der Waals surface area (Å²) in [6.07, 6.45) is 0. The minimum absolute atomic E-state index is 0.163. The molecule has 0 unspecified atom stereocenters. The summed E-state index contributed by atoms with van der Waals surface area (Å²) in [5.74, 6) is 1.48. The van der Waals surface area contributed by atoms with E-state index in [-0.39, 0.29) is 12.5 Å². The van der Waals surface area contributed by atoms with E-state index in [2.05, 4.69) is 10.3 Å². The molecule has 1 heterocycles. The van der Waals surface area contributed by atoms with Crippen LogP contribution in [-0.2, 0) is 4.79 Å². The molecular formula is C20H19ClN2O4S. The molecule has 0 aliphatic carbocycles. The Morgan fingerprint density at radius 2 is 1.96 bits per heavy atom. The third-order valence-corrected chi connectivity index (χ3v) is 4.95. The van der Waals surface area contributed by atoms with E-state index in [9.17, 15) is 4.79 Å². The summed E-state index contributed by atoms with van der Waals surface area (Å²) < 4.78 is 16.1. The third kappa shape index (κ3) is 4.74. The van der Waals surface area contributed by atoms with Gasteiger partial charge in [0.1, 0.15) is 17.2 Å². The first-order valence-electron chi connectivity index (χ1n) is 8.37. The van der Waals surface area contributed by atoms with Crippen molar-refractivity contribution < 1.29 is 19.0 Å². The molecule has 0 atom stereocenters. The fourth-order valence-electron chi connectivity index (χ4n) is 2.48. The number of carbonyl (C=O) groups excluding carboxylic acids is 1. The molecule has 0 fully saturated rings. The number of methoxy groups -OCH3 is 2. The third-order valence-electron chi connectivity index (χ3n) is 3.88. The second-order valence-electron chi connectivity index (χ2n) is 5.87. The molecule has 2 aromatic carbocycles. The van der Waals surface area contributed by atoms with Crippen molar-refractivity contribution in [1.82, 2.24) is 4.98 Å². The summed E-state index contributed by atoms with van der Waals surface area (Å²) in [6, 6.07) is 10.9. The number of aromatic nitrogens is 1. The van der Waals surface area contributed by atoms with Gasteiger partial charge in [0, 0.05) is 17.0 Å². The van der Waals surface area contributed by atoms with E-state index in [0.29, 0.717) is 33.1 Å². The van der Waals surface area contributed by atoms with Crippen LogP contribution in [0.15, 0.2) is 41.8 Å². The molecule has 0 saturated heterocycles. The van der Waals surface area contributed by atoms with Gasteiger partial charge in [-0.05, 0) is 36.8 Å². The van der Waals surface area contributed by atoms with Crippen molar-refractivity contribution in [2.75, 3.05) is 26.1 Å². The molecule has 0 aliphatic heterocycles. The van der Waals surface area contributed by atoms with Crippen molar-refractivity contribution in [1.29, 1.82) is 0 Å². The summed E-state index contributed by atoms with van der Waals surface area (Å²) >= 11 is 7.39. The molecule has 0 spiro atoms. The molecule has 0 radical (unpaired) electrons. The molecule has 1 aromatic heterocycles. The number of anilines is 1. The first kappa shape index (κ1) is 20.0. The standard InChI is InChI=1S/C20H19ClN2O4S/c1-12-4-7-15(21)18(8-12)27-10-19(24)23-20-22-16(11-28-20)14-6-5-13(25-2)9-17(14)26-3/h4-9,11H,10H2,1-3H3,(H,22,23,24). The van der Waals surface area contributed by atoms with Crippen molar-refractivity contribution >= 4 is 34.0 Å². The van der Waals surface area contributed by atoms with Gasteiger partial charge in [0.15, 0.2) is 11.7 Å². The van der Waals surface area contributed by atoms with Crippen LogP contribution in [0.1, 0.15) is 5.56 Å². The minimum Gasteiger partial charge on any atom is -0.497 e. The summed E-state index contributed by atoms with van der Waals surface area (Å²) in [4.78, 5) is 16.6. The molecule has 1 N–H and O–H groups in total. The SMILES string of the molecule is COc1ccc(-c2csc(NC(=O)COc3cc(C)ccc3Cl)n2)c(OC)c1. The number of rotatable bonds is 7. The largest absolute Gasteiger partial charge is 0.497 e. The second kappa shape index (κ2) is 8.95. The van der Waals surface area contributed by atoms with E-state index in [4.69, 9.17) is 25.8 Å². The maximum atomic E-state index is 12.2. The Kier molecular flexibility index (Phi) is 6.38. The van der Waals surface area contributed by atoms with Crippen LogP contribution in [-0.4, -0.2) is 31.7 Å². The predicted molar refractivity (Wildman–Crippen MR) is 111 cm³/mol. The molecular weight excluding hydrogens is 400 g/mol. The van der Waals surface area contributed by atoms with Gasteiger partial charge >= 0.3 is 0 Å². The monoisotopic (exact) mass is 418 g/mol. The molecule has 28 heavy (non-hydrogen) atoms. The summed E-state index contributed by atoms with van der Waals surface area (Å²) in [5, 5.41) is 5.51. The molecule has 8 heteroatoms. The van der Waals surface area contributed by atoms with Gasteiger partial charge in [-0.15, -0.1) is 11.3 Å². The van der Waals surface area contributed by atoms with Crippen LogP contribution in [0.5, 0.6) is 17.2 Å². The number of thiazole rings is 1. The van der Waals surface area contributed by atoms with E-state index < -0.39 is 0 Å². The Labute approximate surface area is 172 Å². The topological polar surface area (TPSA) is 69.7 Å². The highest BCUT2D eigenvalue weighted by Crippen LogP contribution is 2.34. The van der Waals surface area contributed by atoms with Gasteiger partial charge < -0.3 is 14.2 Å². The minimum atomic E-state index is -0.319. The zero-order chi connectivity index (χ0) is 20.1. The van der Waals surface area contributed by atoms with Crippen molar-refractivity contribution in [2.24, 2.45) is 0 Å². The number of carbonyl (C=O) groups is 1. The van der Waals surface area contributed by atoms with E-state index in [1.807, 2.05) is 30.5 Å². The lowest BCUT2D eigenvalue weighted by atomic mass is 10.1. The van der Waals surface area contributed by atoms with Crippen LogP contribution in [0.2, 0.25) is 5.02 Å². The van der Waals surface area contributed by atoms with Gasteiger partial charge in [-0.2, -0.15) is 0 Å². The van der Waals surface area contributed by atoms with Gasteiger partial charge in [0.05, 0.1) is 24.9 Å². The van der Waals surface area contributed by atoms with Crippen LogP contribution in [0, 0.1) is 6.92 Å². The van der Waals surface area contributed by atoms with Gasteiger partial charge in [0.2, 0.25) is 0 Å². The number of halogens is 1. The Bertz CT molecular complexity index is 990. The lowest BCUT2D eigenvalue weighted by molar-refractivity contribution is -0.118. The highest BCUT2D eigenvalue weighted by atomic mass is 35.5. The average Bonchev–Trinajstić information content (AvgIpc) is 3.16. The smallest absolute Gasteiger partial charge is 0.264 e. The predicted octanol–water partition coefficient (Wildman–Crippen LogP) is 4.81. The van der Waals surface area contributed by atoms with Crippen LogP contribution < -0.4 is 19.5 Å². The van der Waals surface area contributed by atoms with Gasteiger partial charge in [0.25, 0.3) is 5.91 Å². The normalized spacial score (nSPS) is 10.4. The Morgan fingerprint density at radius 1 is 1.14 bits per heavy atom. The number of benzene rings is 2. The molecule has 1 amide bonds. The number of aryl methyl sites for hydroxylation is 1. The first-order valence-corrected chi connectivity index (χ1v) is 9.62. The van der Waals surface area contributed by atoms with E-state index in [1.54, 1.807) is 32.4 Å². The summed E-state index contributed by atoms with van der Waals surface area (Å²) in [5.41, 5.74) is 2.50. The van der Waals surface area contributed by atoms with Gasteiger partial charge in [-0.1, -0.05) is 17.7 Å². The van der Waals surface area contributed by atoms with Crippen LogP contribution in [0.25, 0.3) is 11.3 Å². The van der Waals surface area contributed by atoms with Crippen molar-refractivity contribution in [3.8, 4) is 28.5 Å². The maximum absolute atomic E-state index is 12.2. The lowest BCUT2D eigenvalue weighted by Gasteiger charge is -2.09. The summed E-state index contributed by atoms with van der Waals surface area (Å²) in [6.45, 7) is 1.76. The van der Waals surface area contributed by atoms with Crippen molar-refractivity contribution in [3.05, 3.63) is 52.4 Å². The molecule has 0 saturated carbocycles. The lowest BCUT2D eigenvalue weighted by Crippen LogP contribution is -2.20. The molecule has 146 valence electrons. The highest BCUT2D eigenvalue weighted by molar-refractivity contribution is 7.14. The molecule has 6 nitrogen and oxygen atoms in total. The Morgan fingerprint density at radius 3 is 2.71 bits per heavy atom. The number of nitrogens with zero attached hydrogens (tertiary/aromatic N) is 1. The number of nitrogens with one attached hydrogen (secondary N) is 1. The zero-order valence-corrected chi connectivity index (χ0v) is 17.2. The van der Waals surface area contributed by atoms with Gasteiger partial charge in [-0.25, -0.2) is 4.98 Å². The summed E-state index contributed by atoms with van der Waals surface area (Å²) in [7, 11) is 3.18. The van der Waals surface area contributed by atoms with E-state index >= 15 is 0 Å². The Hall–Kier alpha value is -2.77. The quantitative estimate of drug-likeness (QED) is 0.596. The average molecular weight is 419 g/mol.